The summed E-state index contributed by atoms with van der Waals surface area (Å²) in [6.07, 6.45) is 1.20. The molecule has 1 aromatic carbocycles. The van der Waals surface area contributed by atoms with Gasteiger partial charge in [-0.25, -0.2) is 0 Å². The third-order valence-electron chi connectivity index (χ3n) is 3.26. The lowest BCUT2D eigenvalue weighted by molar-refractivity contribution is 0.135. The van der Waals surface area contributed by atoms with Crippen LogP contribution < -0.4 is 10.1 Å². The fourth-order valence-electron chi connectivity index (χ4n) is 1.97. The number of methoxy groups -OCH3 is 1. The molecule has 2 aromatic rings. The highest BCUT2D eigenvalue weighted by molar-refractivity contribution is 5.29. The minimum absolute atomic E-state index is 0.0644. The molecule has 1 heterocycles. The van der Waals surface area contributed by atoms with E-state index in [4.69, 9.17) is 4.74 Å². The summed E-state index contributed by atoms with van der Waals surface area (Å²) >= 11 is 0. The third-order valence-corrected chi connectivity index (χ3v) is 3.26. The van der Waals surface area contributed by atoms with E-state index in [0.717, 1.165) is 17.0 Å². The lowest BCUT2D eigenvalue weighted by Crippen LogP contribution is -2.31. The van der Waals surface area contributed by atoms with E-state index >= 15 is 0 Å². The van der Waals surface area contributed by atoms with Gasteiger partial charge in [0.1, 0.15) is 5.75 Å². The molecule has 0 saturated carbocycles. The molecule has 20 heavy (non-hydrogen) atoms. The van der Waals surface area contributed by atoms with Crippen LogP contribution in [0, 0.1) is 0 Å². The fraction of sp³-hybridized carbons (Fsp3) is 0.312. The highest BCUT2D eigenvalue weighted by Gasteiger charge is 2.15. The third kappa shape index (κ3) is 3.79. The predicted octanol–water partition coefficient (Wildman–Crippen LogP) is 2.30. The minimum Gasteiger partial charge on any atom is -0.497 e. The molecular formula is C16H20N2O2. The molecule has 0 aliphatic carbocycles. The Morgan fingerprint density at radius 1 is 1.20 bits per heavy atom. The minimum atomic E-state index is -0.565. The van der Waals surface area contributed by atoms with Gasteiger partial charge in [-0.1, -0.05) is 18.2 Å². The Balaban J connectivity index is 1.92. The quantitative estimate of drug-likeness (QED) is 0.847. The van der Waals surface area contributed by atoms with Gasteiger partial charge in [-0.15, -0.1) is 0 Å². The van der Waals surface area contributed by atoms with Crippen LogP contribution >= 0.6 is 0 Å². The number of pyridine rings is 1. The van der Waals surface area contributed by atoms with Crippen molar-refractivity contribution in [3.8, 4) is 5.75 Å². The van der Waals surface area contributed by atoms with E-state index in [1.165, 1.54) is 0 Å². The van der Waals surface area contributed by atoms with Crippen LogP contribution in [-0.2, 0) is 6.54 Å². The van der Waals surface area contributed by atoms with Crippen molar-refractivity contribution in [2.75, 3.05) is 7.11 Å². The predicted molar refractivity (Wildman–Crippen MR) is 78.5 cm³/mol. The lowest BCUT2D eigenvalue weighted by atomic mass is 10.0. The first-order chi connectivity index (χ1) is 9.70. The maximum Gasteiger partial charge on any atom is 0.118 e. The van der Waals surface area contributed by atoms with E-state index in [9.17, 15) is 5.11 Å². The Morgan fingerprint density at radius 3 is 2.55 bits per heavy atom. The Kier molecular flexibility index (Phi) is 5.09. The maximum atomic E-state index is 10.3. The summed E-state index contributed by atoms with van der Waals surface area (Å²) in [5.74, 6) is 0.787. The number of benzene rings is 1. The summed E-state index contributed by atoms with van der Waals surface area (Å²) in [5, 5.41) is 13.6. The van der Waals surface area contributed by atoms with Crippen LogP contribution in [0.3, 0.4) is 0 Å². The molecular weight excluding hydrogens is 252 g/mol. The van der Waals surface area contributed by atoms with Crippen LogP contribution in [-0.4, -0.2) is 23.2 Å². The molecule has 106 valence electrons. The zero-order valence-corrected chi connectivity index (χ0v) is 11.8. The van der Waals surface area contributed by atoms with Crippen molar-refractivity contribution < 1.29 is 9.84 Å². The van der Waals surface area contributed by atoms with E-state index in [2.05, 4.69) is 10.3 Å². The van der Waals surface area contributed by atoms with E-state index in [1.807, 2.05) is 49.4 Å². The zero-order valence-electron chi connectivity index (χ0n) is 11.8. The molecule has 0 saturated heterocycles. The Hall–Kier alpha value is -1.91. The topological polar surface area (TPSA) is 54.4 Å². The van der Waals surface area contributed by atoms with Crippen LogP contribution in [0.25, 0.3) is 0 Å². The summed E-state index contributed by atoms with van der Waals surface area (Å²) in [7, 11) is 1.63. The molecule has 2 atom stereocenters. The van der Waals surface area contributed by atoms with Crippen molar-refractivity contribution in [2.45, 2.75) is 25.6 Å². The lowest BCUT2D eigenvalue weighted by Gasteiger charge is -2.20. The van der Waals surface area contributed by atoms with Gasteiger partial charge < -0.3 is 15.2 Å². The molecule has 0 fully saturated rings. The molecule has 4 nitrogen and oxygen atoms in total. The number of rotatable bonds is 6. The van der Waals surface area contributed by atoms with Crippen LogP contribution in [0.2, 0.25) is 0 Å². The maximum absolute atomic E-state index is 10.3. The first-order valence-corrected chi connectivity index (χ1v) is 6.66. The van der Waals surface area contributed by atoms with Gasteiger partial charge in [0, 0.05) is 18.8 Å². The molecule has 2 rings (SSSR count). The number of aliphatic hydroxyl groups is 1. The molecule has 2 unspecified atom stereocenters. The van der Waals surface area contributed by atoms with Crippen molar-refractivity contribution in [3.05, 3.63) is 59.9 Å². The smallest absolute Gasteiger partial charge is 0.118 e. The molecule has 4 heteroatoms. The highest BCUT2D eigenvalue weighted by Crippen LogP contribution is 2.20. The standard InChI is InChI=1S/C16H20N2O2/c1-12(18-11-14-5-3-4-10-17-14)16(19)13-6-8-15(20-2)9-7-13/h3-10,12,16,18-19H,11H2,1-2H3. The summed E-state index contributed by atoms with van der Waals surface area (Å²) < 4.78 is 5.11. The number of hydrogen-bond donors (Lipinski definition) is 2. The molecule has 0 aliphatic rings. The van der Waals surface area contributed by atoms with E-state index in [0.29, 0.717) is 6.54 Å². The Bertz CT molecular complexity index is 514. The van der Waals surface area contributed by atoms with Gasteiger partial charge >= 0.3 is 0 Å². The average molecular weight is 272 g/mol. The van der Waals surface area contributed by atoms with Gasteiger partial charge in [-0.2, -0.15) is 0 Å². The largest absolute Gasteiger partial charge is 0.497 e. The van der Waals surface area contributed by atoms with E-state index in [-0.39, 0.29) is 6.04 Å². The molecule has 0 spiro atoms. The zero-order chi connectivity index (χ0) is 14.4. The number of ether oxygens (including phenoxy) is 1. The molecule has 1 aromatic heterocycles. The molecule has 0 aliphatic heterocycles. The molecule has 2 N–H and O–H groups in total. The Morgan fingerprint density at radius 2 is 1.95 bits per heavy atom. The first kappa shape index (κ1) is 14.5. The van der Waals surface area contributed by atoms with Crippen LogP contribution in [0.15, 0.2) is 48.7 Å². The summed E-state index contributed by atoms with van der Waals surface area (Å²) in [6, 6.07) is 13.2. The number of aromatic nitrogens is 1. The second kappa shape index (κ2) is 7.03. The summed E-state index contributed by atoms with van der Waals surface area (Å²) in [6.45, 7) is 2.59. The molecule has 0 bridgehead atoms. The van der Waals surface area contributed by atoms with E-state index < -0.39 is 6.10 Å². The number of hydrogen-bond acceptors (Lipinski definition) is 4. The van der Waals surface area contributed by atoms with Gasteiger partial charge in [-0.3, -0.25) is 4.98 Å². The second-order valence-corrected chi connectivity index (χ2v) is 4.71. The van der Waals surface area contributed by atoms with Gasteiger partial charge in [0.25, 0.3) is 0 Å². The monoisotopic (exact) mass is 272 g/mol. The first-order valence-electron chi connectivity index (χ1n) is 6.66. The van der Waals surface area contributed by atoms with Crippen molar-refractivity contribution >= 4 is 0 Å². The average Bonchev–Trinajstić information content (AvgIpc) is 2.53. The van der Waals surface area contributed by atoms with Gasteiger partial charge in [0.2, 0.25) is 0 Å². The van der Waals surface area contributed by atoms with Crippen molar-refractivity contribution in [2.24, 2.45) is 0 Å². The molecule has 0 radical (unpaired) electrons. The van der Waals surface area contributed by atoms with Crippen LogP contribution in [0.4, 0.5) is 0 Å². The Labute approximate surface area is 119 Å². The number of nitrogens with zero attached hydrogens (tertiary/aromatic N) is 1. The normalized spacial score (nSPS) is 13.8. The fourth-order valence-corrected chi connectivity index (χ4v) is 1.97. The SMILES string of the molecule is COc1ccc(C(O)C(C)NCc2ccccn2)cc1. The highest BCUT2D eigenvalue weighted by atomic mass is 16.5. The van der Waals surface area contributed by atoms with Crippen molar-refractivity contribution in [3.63, 3.8) is 0 Å². The van der Waals surface area contributed by atoms with Crippen molar-refractivity contribution in [1.29, 1.82) is 0 Å². The van der Waals surface area contributed by atoms with Crippen LogP contribution in [0.5, 0.6) is 5.75 Å². The summed E-state index contributed by atoms with van der Waals surface area (Å²) in [4.78, 5) is 4.24. The number of aliphatic hydroxyl groups excluding tert-OH is 1. The van der Waals surface area contributed by atoms with Gasteiger partial charge in [-0.05, 0) is 36.8 Å². The van der Waals surface area contributed by atoms with Crippen LogP contribution in [0.1, 0.15) is 24.3 Å². The summed E-state index contributed by atoms with van der Waals surface area (Å²) in [5.41, 5.74) is 1.83. The van der Waals surface area contributed by atoms with Crippen molar-refractivity contribution in [1.82, 2.24) is 10.3 Å². The second-order valence-electron chi connectivity index (χ2n) is 4.71. The van der Waals surface area contributed by atoms with E-state index in [1.54, 1.807) is 13.3 Å². The number of nitrogens with one attached hydrogen (secondary N) is 1. The van der Waals surface area contributed by atoms with Gasteiger partial charge in [0.05, 0.1) is 18.9 Å². The van der Waals surface area contributed by atoms with Gasteiger partial charge in [0.15, 0.2) is 0 Å². The molecule has 0 amide bonds.